The number of carbonyl (C=O) groups excluding carboxylic acids is 1. The van der Waals surface area contributed by atoms with Gasteiger partial charge in [0, 0.05) is 12.1 Å². The SMILES string of the molecule is Cc1cc(NC(=O)CN(C)C(C)c2ccccc2)n(-c2ccc(F)cc2)n1. The Kier molecular flexibility index (Phi) is 5.66. The van der Waals surface area contributed by atoms with Crippen LogP contribution in [0.2, 0.25) is 0 Å². The Balaban J connectivity index is 1.70. The molecule has 0 saturated carbocycles. The van der Waals surface area contributed by atoms with E-state index in [1.165, 1.54) is 12.1 Å². The summed E-state index contributed by atoms with van der Waals surface area (Å²) in [4.78, 5) is 14.5. The van der Waals surface area contributed by atoms with Gasteiger partial charge in [-0.2, -0.15) is 5.10 Å². The Morgan fingerprint density at radius 1 is 1.19 bits per heavy atom. The molecule has 0 fully saturated rings. The normalized spacial score (nSPS) is 12.2. The zero-order chi connectivity index (χ0) is 19.4. The summed E-state index contributed by atoms with van der Waals surface area (Å²) in [6.45, 7) is 4.15. The molecule has 1 heterocycles. The average Bonchev–Trinajstić information content (AvgIpc) is 3.02. The van der Waals surface area contributed by atoms with Crippen LogP contribution in [0.5, 0.6) is 0 Å². The molecule has 1 N–H and O–H groups in total. The second-order valence-corrected chi connectivity index (χ2v) is 6.61. The Bertz CT molecular complexity index is 906. The molecule has 0 aliphatic heterocycles. The van der Waals surface area contributed by atoms with Gasteiger partial charge in [-0.05, 0) is 50.7 Å². The summed E-state index contributed by atoms with van der Waals surface area (Å²) in [5.74, 6) is 0.109. The number of amides is 1. The number of rotatable bonds is 6. The minimum atomic E-state index is -0.315. The Morgan fingerprint density at radius 2 is 1.85 bits per heavy atom. The van der Waals surface area contributed by atoms with Crippen LogP contribution in [0.25, 0.3) is 5.69 Å². The zero-order valence-corrected chi connectivity index (χ0v) is 15.7. The summed E-state index contributed by atoms with van der Waals surface area (Å²) in [6, 6.07) is 17.9. The summed E-state index contributed by atoms with van der Waals surface area (Å²) < 4.78 is 14.8. The molecule has 0 saturated heterocycles. The third-order valence-corrected chi connectivity index (χ3v) is 4.51. The first-order valence-electron chi connectivity index (χ1n) is 8.81. The number of nitrogens with one attached hydrogen (secondary N) is 1. The van der Waals surface area contributed by atoms with E-state index in [1.54, 1.807) is 22.9 Å². The molecule has 0 bridgehead atoms. The summed E-state index contributed by atoms with van der Waals surface area (Å²) in [5.41, 5.74) is 2.60. The number of halogens is 1. The molecular formula is C21H23FN4O. The molecule has 3 aromatic rings. The van der Waals surface area contributed by atoms with Gasteiger partial charge in [0.2, 0.25) is 5.91 Å². The molecule has 1 atom stereocenters. The highest BCUT2D eigenvalue weighted by atomic mass is 19.1. The van der Waals surface area contributed by atoms with Gasteiger partial charge in [0.25, 0.3) is 0 Å². The predicted octanol–water partition coefficient (Wildman–Crippen LogP) is 3.95. The van der Waals surface area contributed by atoms with Gasteiger partial charge < -0.3 is 5.32 Å². The van der Waals surface area contributed by atoms with Gasteiger partial charge in [0.15, 0.2) is 0 Å². The molecule has 0 aliphatic rings. The molecule has 0 aliphatic carbocycles. The van der Waals surface area contributed by atoms with Gasteiger partial charge >= 0.3 is 0 Å². The van der Waals surface area contributed by atoms with Crippen LogP contribution < -0.4 is 5.32 Å². The number of benzene rings is 2. The maximum atomic E-state index is 13.2. The molecule has 0 spiro atoms. The van der Waals surface area contributed by atoms with E-state index in [0.717, 1.165) is 11.3 Å². The van der Waals surface area contributed by atoms with Gasteiger partial charge in [-0.3, -0.25) is 9.69 Å². The molecule has 3 rings (SSSR count). The van der Waals surface area contributed by atoms with Gasteiger partial charge in [0.1, 0.15) is 11.6 Å². The Hall–Kier alpha value is -2.99. The lowest BCUT2D eigenvalue weighted by atomic mass is 10.1. The monoisotopic (exact) mass is 366 g/mol. The van der Waals surface area contributed by atoms with E-state index in [2.05, 4.69) is 17.3 Å². The number of aromatic nitrogens is 2. The second-order valence-electron chi connectivity index (χ2n) is 6.61. The van der Waals surface area contributed by atoms with Gasteiger partial charge in [-0.25, -0.2) is 9.07 Å². The number of anilines is 1. The summed E-state index contributed by atoms with van der Waals surface area (Å²) in [7, 11) is 1.92. The van der Waals surface area contributed by atoms with Crippen LogP contribution in [0.3, 0.4) is 0 Å². The van der Waals surface area contributed by atoms with Crippen molar-refractivity contribution in [1.29, 1.82) is 0 Å². The van der Waals surface area contributed by atoms with Crippen LogP contribution in [0.15, 0.2) is 60.7 Å². The summed E-state index contributed by atoms with van der Waals surface area (Å²) in [5, 5.41) is 7.30. The van der Waals surface area contributed by atoms with Crippen molar-refractivity contribution in [1.82, 2.24) is 14.7 Å². The maximum Gasteiger partial charge on any atom is 0.239 e. The lowest BCUT2D eigenvalue weighted by molar-refractivity contribution is -0.117. The van der Waals surface area contributed by atoms with Crippen molar-refractivity contribution in [3.63, 3.8) is 0 Å². The number of aryl methyl sites for hydroxylation is 1. The summed E-state index contributed by atoms with van der Waals surface area (Å²) >= 11 is 0. The molecular weight excluding hydrogens is 343 g/mol. The molecule has 6 heteroatoms. The van der Waals surface area contributed by atoms with Crippen molar-refractivity contribution < 1.29 is 9.18 Å². The molecule has 1 unspecified atom stereocenters. The van der Waals surface area contributed by atoms with Crippen molar-refractivity contribution in [2.45, 2.75) is 19.9 Å². The summed E-state index contributed by atoms with van der Waals surface area (Å²) in [6.07, 6.45) is 0. The van der Waals surface area contributed by atoms with Crippen LogP contribution in [-0.2, 0) is 4.79 Å². The van der Waals surface area contributed by atoms with Gasteiger partial charge in [-0.15, -0.1) is 0 Å². The highest BCUT2D eigenvalue weighted by Gasteiger charge is 2.16. The third kappa shape index (κ3) is 4.60. The standard InChI is InChI=1S/C21H23FN4O/c1-15-13-20(26(24-15)19-11-9-18(22)10-12-19)23-21(27)14-25(3)16(2)17-7-5-4-6-8-17/h4-13,16H,14H2,1-3H3,(H,23,27). The van der Waals surface area contributed by atoms with E-state index in [9.17, 15) is 9.18 Å². The number of likely N-dealkylation sites (N-methyl/N-ethyl adjacent to an activating group) is 1. The van der Waals surface area contributed by atoms with Crippen LogP contribution in [0, 0.1) is 12.7 Å². The van der Waals surface area contributed by atoms with Gasteiger partial charge in [0.05, 0.1) is 17.9 Å². The van der Waals surface area contributed by atoms with Gasteiger partial charge in [-0.1, -0.05) is 30.3 Å². The van der Waals surface area contributed by atoms with Crippen LogP contribution in [0.1, 0.15) is 24.2 Å². The molecule has 1 aromatic heterocycles. The van der Waals surface area contributed by atoms with E-state index in [1.807, 2.05) is 49.2 Å². The first-order valence-corrected chi connectivity index (χ1v) is 8.81. The molecule has 5 nitrogen and oxygen atoms in total. The molecule has 1 amide bonds. The van der Waals surface area contributed by atoms with Crippen molar-refractivity contribution in [3.05, 3.63) is 77.7 Å². The first-order chi connectivity index (χ1) is 12.9. The lowest BCUT2D eigenvalue weighted by Crippen LogP contribution is -2.32. The zero-order valence-electron chi connectivity index (χ0n) is 15.7. The molecule has 2 aromatic carbocycles. The van der Waals surface area contributed by atoms with Crippen LogP contribution in [-0.4, -0.2) is 34.2 Å². The number of hydrogen-bond donors (Lipinski definition) is 1. The molecule has 140 valence electrons. The molecule has 0 radical (unpaired) electrons. The first kappa shape index (κ1) is 18.8. The highest BCUT2D eigenvalue weighted by molar-refractivity contribution is 5.91. The quantitative estimate of drug-likeness (QED) is 0.719. The third-order valence-electron chi connectivity index (χ3n) is 4.51. The Labute approximate surface area is 158 Å². The van der Waals surface area contributed by atoms with Crippen molar-refractivity contribution in [2.24, 2.45) is 0 Å². The van der Waals surface area contributed by atoms with E-state index >= 15 is 0 Å². The van der Waals surface area contributed by atoms with E-state index in [4.69, 9.17) is 0 Å². The fraction of sp³-hybridized carbons (Fsp3) is 0.238. The van der Waals surface area contributed by atoms with Crippen LogP contribution in [0.4, 0.5) is 10.2 Å². The largest absolute Gasteiger partial charge is 0.309 e. The Morgan fingerprint density at radius 3 is 2.52 bits per heavy atom. The van der Waals surface area contributed by atoms with Crippen molar-refractivity contribution >= 4 is 11.7 Å². The highest BCUT2D eigenvalue weighted by Crippen LogP contribution is 2.20. The number of nitrogens with zero attached hydrogens (tertiary/aromatic N) is 3. The van der Waals surface area contributed by atoms with E-state index < -0.39 is 0 Å². The fourth-order valence-corrected chi connectivity index (χ4v) is 2.90. The minimum absolute atomic E-state index is 0.112. The maximum absolute atomic E-state index is 13.2. The van der Waals surface area contributed by atoms with Crippen molar-refractivity contribution in [2.75, 3.05) is 18.9 Å². The second kappa shape index (κ2) is 8.14. The predicted molar refractivity (Wildman–Crippen MR) is 104 cm³/mol. The minimum Gasteiger partial charge on any atom is -0.309 e. The van der Waals surface area contributed by atoms with Crippen molar-refractivity contribution in [3.8, 4) is 5.69 Å². The molecule has 27 heavy (non-hydrogen) atoms. The van der Waals surface area contributed by atoms with E-state index in [0.29, 0.717) is 11.5 Å². The number of hydrogen-bond acceptors (Lipinski definition) is 3. The van der Waals surface area contributed by atoms with E-state index in [-0.39, 0.29) is 24.3 Å². The average molecular weight is 366 g/mol. The lowest BCUT2D eigenvalue weighted by Gasteiger charge is -2.24. The topological polar surface area (TPSA) is 50.2 Å². The smallest absolute Gasteiger partial charge is 0.239 e. The fourth-order valence-electron chi connectivity index (χ4n) is 2.90. The van der Waals surface area contributed by atoms with Crippen LogP contribution >= 0.6 is 0 Å². The number of carbonyl (C=O) groups is 1.